The summed E-state index contributed by atoms with van der Waals surface area (Å²) in [5, 5.41) is 6.17. The second-order valence-electron chi connectivity index (χ2n) is 11.2. The number of alkyl halides is 4. The summed E-state index contributed by atoms with van der Waals surface area (Å²) in [5.74, 6) is -2.16. The molecule has 0 aliphatic rings. The molecule has 2 N–H and O–H groups in total. The lowest BCUT2D eigenvalue weighted by molar-refractivity contribution is -0.252. The van der Waals surface area contributed by atoms with E-state index in [1.165, 1.54) is 12.1 Å². The van der Waals surface area contributed by atoms with Crippen LogP contribution in [0.4, 0.5) is 28.9 Å². The van der Waals surface area contributed by atoms with E-state index >= 15 is 0 Å². The van der Waals surface area contributed by atoms with Crippen LogP contribution in [0.1, 0.15) is 20.7 Å². The molecule has 51 heavy (non-hydrogen) atoms. The molecule has 0 fully saturated rings. The number of hydrogen-bond donors (Lipinski definition) is 2. The van der Waals surface area contributed by atoms with Crippen molar-refractivity contribution in [3.05, 3.63) is 139 Å². The minimum atomic E-state index is -4.89. The Labute approximate surface area is 287 Å². The smallest absolute Gasteiger partial charge is 0.426 e. The first kappa shape index (κ1) is 32.8. The molecular weight excluding hydrogens is 664 g/mol. The molecule has 0 radical (unpaired) electrons. The number of nitrogens with zero attached hydrogens (tertiary/aromatic N) is 4. The molecule has 13 heteroatoms. The van der Waals surface area contributed by atoms with E-state index in [0.717, 1.165) is 12.1 Å². The molecule has 0 saturated carbocycles. The zero-order valence-corrected chi connectivity index (χ0v) is 26.2. The highest BCUT2D eigenvalue weighted by Gasteiger charge is 2.44. The average molecular weight is 689 g/mol. The third kappa shape index (κ3) is 6.90. The second kappa shape index (κ2) is 13.6. The molecule has 9 nitrogen and oxygen atoms in total. The van der Waals surface area contributed by atoms with Crippen molar-refractivity contribution in [1.29, 1.82) is 0 Å². The molecule has 0 atom stereocenters. The summed E-state index contributed by atoms with van der Waals surface area (Å²) < 4.78 is 59.3. The topological polar surface area (TPSA) is 119 Å². The fourth-order valence-corrected chi connectivity index (χ4v) is 5.39. The molecule has 0 bridgehead atoms. The van der Waals surface area contributed by atoms with Crippen LogP contribution in [0.3, 0.4) is 0 Å². The van der Waals surface area contributed by atoms with E-state index in [-0.39, 0.29) is 16.8 Å². The number of carbonyl (C=O) groups is 2. The van der Waals surface area contributed by atoms with Gasteiger partial charge in [0.1, 0.15) is 5.75 Å². The Hall–Kier alpha value is -6.76. The van der Waals surface area contributed by atoms with Crippen molar-refractivity contribution in [2.24, 2.45) is 0 Å². The molecule has 7 rings (SSSR count). The van der Waals surface area contributed by atoms with Gasteiger partial charge in [-0.2, -0.15) is 17.6 Å². The zero-order valence-electron chi connectivity index (χ0n) is 26.2. The highest BCUT2D eigenvalue weighted by Crippen LogP contribution is 2.36. The van der Waals surface area contributed by atoms with E-state index in [0.29, 0.717) is 44.6 Å². The summed E-state index contributed by atoms with van der Waals surface area (Å²) >= 11 is 0. The molecule has 0 aliphatic carbocycles. The van der Waals surface area contributed by atoms with Crippen molar-refractivity contribution in [2.75, 3.05) is 10.6 Å². The highest BCUT2D eigenvalue weighted by molar-refractivity contribution is 6.15. The number of nitrogens with one attached hydrogen (secondary N) is 2. The number of fused-ring (bicyclic) bond motifs is 2. The number of aromatic nitrogens is 4. The molecule has 4 heterocycles. The Bertz CT molecular complexity index is 2410. The summed E-state index contributed by atoms with van der Waals surface area (Å²) in [6.07, 6.45) is -5.90. The standard InChI is InChI=1S/C38H24F4N6O3/c39-37(40)38(41,42)51-34-16-15-22(45-35(49)25-20-31(29-13-5-7-17-43-29)46-27-11-3-1-9-23(25)27)19-33(34)48-36(50)26-21-32(30-14-6-8-18-44-30)47-28-12-4-2-10-24(26)28/h1-21,37H,(H,45,49)(H,48,50). The van der Waals surface area contributed by atoms with E-state index in [9.17, 15) is 27.2 Å². The largest absolute Gasteiger partial charge is 0.461 e. The quantitative estimate of drug-likeness (QED) is 0.146. The maximum absolute atomic E-state index is 14.2. The lowest BCUT2D eigenvalue weighted by atomic mass is 10.0. The van der Waals surface area contributed by atoms with Crippen molar-refractivity contribution in [2.45, 2.75) is 12.5 Å². The molecule has 2 amide bonds. The lowest BCUT2D eigenvalue weighted by Crippen LogP contribution is -2.33. The number of ether oxygens (including phenoxy) is 1. The molecule has 4 aromatic heterocycles. The van der Waals surface area contributed by atoms with E-state index in [1.54, 1.807) is 103 Å². The first-order chi connectivity index (χ1) is 24.7. The summed E-state index contributed by atoms with van der Waals surface area (Å²) in [6, 6.07) is 30.5. The van der Waals surface area contributed by atoms with Gasteiger partial charge in [0.2, 0.25) is 0 Å². The summed E-state index contributed by atoms with van der Waals surface area (Å²) in [7, 11) is 0. The normalized spacial score (nSPS) is 11.5. The van der Waals surface area contributed by atoms with Gasteiger partial charge in [0, 0.05) is 28.9 Å². The predicted octanol–water partition coefficient (Wildman–Crippen LogP) is 8.65. The number of benzene rings is 3. The van der Waals surface area contributed by atoms with Crippen LogP contribution < -0.4 is 15.4 Å². The molecule has 252 valence electrons. The number of pyridine rings is 4. The Morgan fingerprint density at radius 1 is 0.608 bits per heavy atom. The van der Waals surface area contributed by atoms with Gasteiger partial charge in [-0.1, -0.05) is 48.5 Å². The fraction of sp³-hybridized carbons (Fsp3) is 0.0526. The minimum Gasteiger partial charge on any atom is -0.426 e. The van der Waals surface area contributed by atoms with Crippen molar-refractivity contribution < 1.29 is 31.9 Å². The molecule has 7 aromatic rings. The molecule has 0 unspecified atom stereocenters. The van der Waals surface area contributed by atoms with Gasteiger partial charge in [-0.25, -0.2) is 9.97 Å². The minimum absolute atomic E-state index is 0.0389. The van der Waals surface area contributed by atoms with E-state index in [1.807, 2.05) is 0 Å². The molecule has 0 spiro atoms. The van der Waals surface area contributed by atoms with Gasteiger partial charge >= 0.3 is 12.5 Å². The third-order valence-corrected chi connectivity index (χ3v) is 7.76. The van der Waals surface area contributed by atoms with Crippen molar-refractivity contribution >= 4 is 45.0 Å². The maximum atomic E-state index is 14.2. The third-order valence-electron chi connectivity index (χ3n) is 7.76. The number of rotatable bonds is 9. The highest BCUT2D eigenvalue weighted by atomic mass is 19.3. The number of para-hydroxylation sites is 2. The van der Waals surface area contributed by atoms with Crippen LogP contribution in [0.15, 0.2) is 128 Å². The Morgan fingerprint density at radius 2 is 1.12 bits per heavy atom. The summed E-state index contributed by atoms with van der Waals surface area (Å²) in [4.78, 5) is 45.5. The van der Waals surface area contributed by atoms with Gasteiger partial charge in [0.25, 0.3) is 11.8 Å². The van der Waals surface area contributed by atoms with Crippen LogP contribution in [-0.4, -0.2) is 44.3 Å². The van der Waals surface area contributed by atoms with E-state index in [2.05, 4.69) is 35.3 Å². The van der Waals surface area contributed by atoms with Crippen molar-refractivity contribution in [3.8, 4) is 28.5 Å². The zero-order chi connectivity index (χ0) is 35.5. The van der Waals surface area contributed by atoms with Gasteiger partial charge in [-0.05, 0) is 66.7 Å². The van der Waals surface area contributed by atoms with Crippen LogP contribution in [0.25, 0.3) is 44.6 Å². The molecule has 3 aromatic carbocycles. The van der Waals surface area contributed by atoms with Crippen molar-refractivity contribution in [1.82, 2.24) is 19.9 Å². The monoisotopic (exact) mass is 688 g/mol. The van der Waals surface area contributed by atoms with Crippen LogP contribution >= 0.6 is 0 Å². The molecule has 0 saturated heterocycles. The lowest BCUT2D eigenvalue weighted by Gasteiger charge is -2.20. The molecular formula is C38H24F4N6O3. The number of anilines is 2. The Balaban J connectivity index is 1.27. The second-order valence-corrected chi connectivity index (χ2v) is 11.2. The van der Waals surface area contributed by atoms with Gasteiger partial charge < -0.3 is 15.4 Å². The van der Waals surface area contributed by atoms with E-state index < -0.39 is 35.8 Å². The first-order valence-corrected chi connectivity index (χ1v) is 15.4. The Morgan fingerprint density at radius 3 is 1.63 bits per heavy atom. The van der Waals surface area contributed by atoms with E-state index in [4.69, 9.17) is 0 Å². The Kier molecular flexibility index (Phi) is 8.76. The van der Waals surface area contributed by atoms with Crippen LogP contribution in [0.5, 0.6) is 5.75 Å². The first-order valence-electron chi connectivity index (χ1n) is 15.4. The van der Waals surface area contributed by atoms with Crippen molar-refractivity contribution in [3.63, 3.8) is 0 Å². The van der Waals surface area contributed by atoms with Crippen LogP contribution in [-0.2, 0) is 0 Å². The van der Waals surface area contributed by atoms with Crippen LogP contribution in [0, 0.1) is 0 Å². The fourth-order valence-electron chi connectivity index (χ4n) is 5.39. The van der Waals surface area contributed by atoms with Gasteiger partial charge in [-0.3, -0.25) is 19.6 Å². The predicted molar refractivity (Wildman–Crippen MR) is 184 cm³/mol. The number of amides is 2. The average Bonchev–Trinajstić information content (AvgIpc) is 3.15. The van der Waals surface area contributed by atoms with Gasteiger partial charge in [0.05, 0.1) is 50.6 Å². The number of carbonyl (C=O) groups excluding carboxylic acids is 2. The maximum Gasteiger partial charge on any atom is 0.461 e. The van der Waals surface area contributed by atoms with Gasteiger partial charge in [-0.15, -0.1) is 0 Å². The molecule has 0 aliphatic heterocycles. The number of halogens is 4. The van der Waals surface area contributed by atoms with Gasteiger partial charge in [0.15, 0.2) is 0 Å². The summed E-state index contributed by atoms with van der Waals surface area (Å²) in [5.41, 5.74) is 2.69. The van der Waals surface area contributed by atoms with Crippen LogP contribution in [0.2, 0.25) is 0 Å². The summed E-state index contributed by atoms with van der Waals surface area (Å²) in [6.45, 7) is 0. The number of hydrogen-bond acceptors (Lipinski definition) is 7. The SMILES string of the molecule is O=C(Nc1ccc(OC(F)(F)C(F)F)c(NC(=O)c2cc(-c3ccccn3)nc3ccccc23)c1)c1cc(-c2ccccn2)nc2ccccc12.